The van der Waals surface area contributed by atoms with Gasteiger partial charge in [-0.15, -0.1) is 11.3 Å². The smallest absolute Gasteiger partial charge is 0.253 e. The van der Waals surface area contributed by atoms with Crippen LogP contribution in [-0.4, -0.2) is 17.4 Å². The van der Waals surface area contributed by atoms with Crippen LogP contribution in [0.5, 0.6) is 0 Å². The van der Waals surface area contributed by atoms with Crippen LogP contribution in [-0.2, 0) is 4.79 Å². The molecule has 0 spiro atoms. The van der Waals surface area contributed by atoms with Gasteiger partial charge in [-0.3, -0.25) is 9.59 Å². The minimum absolute atomic E-state index is 0.0989. The van der Waals surface area contributed by atoms with Gasteiger partial charge < -0.3 is 11.1 Å². The summed E-state index contributed by atoms with van der Waals surface area (Å²) in [5, 5.41) is 2.77. The molecule has 0 saturated heterocycles. The molecule has 0 bridgehead atoms. The lowest BCUT2D eigenvalue weighted by Gasteiger charge is -2.24. The zero-order valence-corrected chi connectivity index (χ0v) is 13.3. The molecule has 2 amide bonds. The van der Waals surface area contributed by atoms with E-state index in [1.165, 1.54) is 11.3 Å². The highest BCUT2D eigenvalue weighted by molar-refractivity contribution is 9.12. The number of nitrogens with two attached hydrogens (primary N) is 1. The van der Waals surface area contributed by atoms with E-state index in [1.807, 2.05) is 0 Å². The Morgan fingerprint density at radius 2 is 2.06 bits per heavy atom. The van der Waals surface area contributed by atoms with Crippen molar-refractivity contribution in [2.24, 2.45) is 5.73 Å². The van der Waals surface area contributed by atoms with E-state index in [0.29, 0.717) is 5.56 Å². The molecule has 4 nitrogen and oxygen atoms in total. The molecule has 3 N–H and O–H groups in total. The maximum atomic E-state index is 12.0. The summed E-state index contributed by atoms with van der Waals surface area (Å²) in [6.07, 6.45) is 0.0989. The Morgan fingerprint density at radius 3 is 2.47 bits per heavy atom. The van der Waals surface area contributed by atoms with Crippen LogP contribution >= 0.6 is 43.2 Å². The number of rotatable bonds is 4. The molecule has 0 aliphatic rings. The molecule has 1 aromatic rings. The predicted octanol–water partition coefficient (Wildman–Crippen LogP) is 2.66. The van der Waals surface area contributed by atoms with Crippen molar-refractivity contribution in [3.8, 4) is 0 Å². The van der Waals surface area contributed by atoms with Crippen molar-refractivity contribution < 1.29 is 9.59 Å². The summed E-state index contributed by atoms with van der Waals surface area (Å²) in [5.41, 5.74) is 5.01. The fraction of sp³-hybridized carbons (Fsp3) is 0.400. The van der Waals surface area contributed by atoms with Crippen LogP contribution < -0.4 is 11.1 Å². The molecule has 1 rings (SSSR count). The molecule has 0 aromatic carbocycles. The number of carbonyl (C=O) groups excluding carboxylic acids is 2. The van der Waals surface area contributed by atoms with Gasteiger partial charge in [-0.25, -0.2) is 0 Å². The van der Waals surface area contributed by atoms with E-state index in [0.717, 1.165) is 7.57 Å². The maximum absolute atomic E-state index is 12.0. The molecule has 0 atom stereocenters. The fourth-order valence-electron chi connectivity index (χ4n) is 1.35. The Bertz CT molecular complexity index is 457. The topological polar surface area (TPSA) is 72.2 Å². The molecule has 0 fully saturated rings. The summed E-state index contributed by atoms with van der Waals surface area (Å²) in [7, 11) is 0. The van der Waals surface area contributed by atoms with Gasteiger partial charge in [-0.05, 0) is 51.8 Å². The van der Waals surface area contributed by atoms with E-state index in [-0.39, 0.29) is 12.3 Å². The van der Waals surface area contributed by atoms with Crippen molar-refractivity contribution in [2.45, 2.75) is 25.8 Å². The lowest BCUT2D eigenvalue weighted by atomic mass is 10.00. The lowest BCUT2D eigenvalue weighted by Crippen LogP contribution is -2.46. The van der Waals surface area contributed by atoms with Crippen molar-refractivity contribution in [1.29, 1.82) is 0 Å². The molecular formula is C10H12Br2N2O2S. The number of hydrogen-bond acceptors (Lipinski definition) is 3. The minimum atomic E-state index is -0.656. The van der Waals surface area contributed by atoms with E-state index >= 15 is 0 Å². The van der Waals surface area contributed by atoms with Crippen molar-refractivity contribution >= 4 is 55.0 Å². The van der Waals surface area contributed by atoms with Gasteiger partial charge in [0.25, 0.3) is 5.91 Å². The Balaban J connectivity index is 2.79. The lowest BCUT2D eigenvalue weighted by molar-refractivity contribution is -0.119. The number of nitrogens with one attached hydrogen (secondary N) is 1. The van der Waals surface area contributed by atoms with Crippen molar-refractivity contribution in [2.75, 3.05) is 0 Å². The monoisotopic (exact) mass is 382 g/mol. The molecule has 0 radical (unpaired) electrons. The first-order chi connectivity index (χ1) is 7.71. The Hall–Kier alpha value is -0.400. The van der Waals surface area contributed by atoms with Crippen molar-refractivity contribution in [3.63, 3.8) is 0 Å². The predicted molar refractivity (Wildman–Crippen MR) is 75.1 cm³/mol. The first kappa shape index (κ1) is 14.7. The molecule has 0 aliphatic heterocycles. The van der Waals surface area contributed by atoms with E-state index in [2.05, 4.69) is 37.2 Å². The number of hydrogen-bond donors (Lipinski definition) is 2. The third-order valence-electron chi connectivity index (χ3n) is 1.97. The normalized spacial score (nSPS) is 11.3. The molecule has 1 heterocycles. The zero-order valence-electron chi connectivity index (χ0n) is 9.34. The second-order valence-corrected chi connectivity index (χ2v) is 7.97. The second kappa shape index (κ2) is 5.49. The SMILES string of the molecule is CC(C)(CC(N)=O)NC(=O)c1cc(Br)sc1Br. The summed E-state index contributed by atoms with van der Waals surface area (Å²) in [5.74, 6) is -0.675. The van der Waals surface area contributed by atoms with Crippen LogP contribution in [0.1, 0.15) is 30.6 Å². The quantitative estimate of drug-likeness (QED) is 0.838. The van der Waals surface area contributed by atoms with E-state index in [4.69, 9.17) is 5.73 Å². The number of amides is 2. The fourth-order valence-corrected chi connectivity index (χ4v) is 4.14. The van der Waals surface area contributed by atoms with Gasteiger partial charge in [0.1, 0.15) is 0 Å². The van der Waals surface area contributed by atoms with Crippen LogP contribution in [0.2, 0.25) is 0 Å². The van der Waals surface area contributed by atoms with Crippen LogP contribution in [0.15, 0.2) is 13.6 Å². The Kier molecular flexibility index (Phi) is 4.74. The molecular weight excluding hydrogens is 372 g/mol. The first-order valence-electron chi connectivity index (χ1n) is 4.77. The molecule has 0 saturated carbocycles. The van der Waals surface area contributed by atoms with Gasteiger partial charge in [0.05, 0.1) is 13.1 Å². The molecule has 94 valence electrons. The zero-order chi connectivity index (χ0) is 13.2. The number of thiophene rings is 1. The van der Waals surface area contributed by atoms with Crippen molar-refractivity contribution in [3.05, 3.63) is 19.2 Å². The van der Waals surface area contributed by atoms with Crippen LogP contribution in [0.3, 0.4) is 0 Å². The first-order valence-corrected chi connectivity index (χ1v) is 7.17. The molecule has 7 heteroatoms. The molecule has 17 heavy (non-hydrogen) atoms. The maximum Gasteiger partial charge on any atom is 0.253 e. The third-order valence-corrected chi connectivity index (χ3v) is 4.31. The Labute approximate surface area is 120 Å². The van der Waals surface area contributed by atoms with Crippen LogP contribution in [0.25, 0.3) is 0 Å². The van der Waals surface area contributed by atoms with Gasteiger partial charge in [0.2, 0.25) is 5.91 Å². The summed E-state index contributed by atoms with van der Waals surface area (Å²) in [6, 6.07) is 1.73. The Morgan fingerprint density at radius 1 is 1.47 bits per heavy atom. The van der Waals surface area contributed by atoms with Gasteiger partial charge in [-0.2, -0.15) is 0 Å². The average Bonchev–Trinajstić information content (AvgIpc) is 2.41. The number of primary amides is 1. The highest BCUT2D eigenvalue weighted by Gasteiger charge is 2.25. The third kappa shape index (κ3) is 4.40. The van der Waals surface area contributed by atoms with Crippen LogP contribution in [0.4, 0.5) is 0 Å². The summed E-state index contributed by atoms with van der Waals surface area (Å²) < 4.78 is 1.61. The van der Waals surface area contributed by atoms with E-state index in [1.54, 1.807) is 19.9 Å². The standard InChI is InChI=1S/C10H12Br2N2O2S/c1-10(2,4-7(13)15)14-9(16)5-3-6(11)17-8(5)12/h3H,4H2,1-2H3,(H2,13,15)(H,14,16). The van der Waals surface area contributed by atoms with E-state index < -0.39 is 11.4 Å². The molecule has 1 aromatic heterocycles. The molecule has 0 aliphatic carbocycles. The highest BCUT2D eigenvalue weighted by Crippen LogP contribution is 2.32. The molecule has 0 unspecified atom stereocenters. The second-order valence-electron chi connectivity index (χ2n) is 4.22. The van der Waals surface area contributed by atoms with Gasteiger partial charge in [0, 0.05) is 12.0 Å². The number of halogens is 2. The summed E-state index contributed by atoms with van der Waals surface area (Å²) >= 11 is 8.04. The minimum Gasteiger partial charge on any atom is -0.370 e. The van der Waals surface area contributed by atoms with Crippen LogP contribution in [0, 0.1) is 0 Å². The van der Waals surface area contributed by atoms with E-state index in [9.17, 15) is 9.59 Å². The van der Waals surface area contributed by atoms with Gasteiger partial charge in [-0.1, -0.05) is 0 Å². The summed E-state index contributed by atoms with van der Waals surface area (Å²) in [4.78, 5) is 22.8. The van der Waals surface area contributed by atoms with Crippen molar-refractivity contribution in [1.82, 2.24) is 5.32 Å². The van der Waals surface area contributed by atoms with Gasteiger partial charge in [0.15, 0.2) is 0 Å². The highest BCUT2D eigenvalue weighted by atomic mass is 79.9. The number of carbonyl (C=O) groups is 2. The summed E-state index contributed by atoms with van der Waals surface area (Å²) in [6.45, 7) is 3.51. The average molecular weight is 384 g/mol. The largest absolute Gasteiger partial charge is 0.370 e. The van der Waals surface area contributed by atoms with Gasteiger partial charge >= 0.3 is 0 Å².